The van der Waals surface area contributed by atoms with Crippen molar-refractivity contribution in [1.29, 1.82) is 0 Å². The van der Waals surface area contributed by atoms with Gasteiger partial charge in [0, 0.05) is 42.9 Å². The fraction of sp³-hybridized carbons (Fsp3) is 0.619. The molecule has 1 aliphatic carbocycles. The largest absolute Gasteiger partial charge is 0.369 e. The topological polar surface area (TPSA) is 64.7 Å². The average molecular weight is 407 g/mol. The number of nitrogens with one attached hydrogen (secondary N) is 2. The Morgan fingerprint density at radius 1 is 1.11 bits per heavy atom. The standard InChI is InChI=1S/C21H31ClN4O2/c1-15-8-9-17(22)14-19(15)26-12-10-25(11-13-26)16(2)20(27)24-21(28)23-18-6-4-3-5-7-18/h8-9,14,16,18H,3-7,10-13H2,1-2H3,(H2,23,24,27,28)/t16-/m1/s1. The summed E-state index contributed by atoms with van der Waals surface area (Å²) in [5, 5.41) is 6.20. The van der Waals surface area contributed by atoms with Crippen molar-refractivity contribution >= 4 is 29.2 Å². The SMILES string of the molecule is Cc1ccc(Cl)cc1N1CCN([C@H](C)C(=O)NC(=O)NC2CCCCC2)CC1. The molecular weight excluding hydrogens is 376 g/mol. The van der Waals surface area contributed by atoms with E-state index in [-0.39, 0.29) is 24.0 Å². The molecule has 2 N–H and O–H groups in total. The van der Waals surface area contributed by atoms with Crippen LogP contribution in [0.2, 0.25) is 5.02 Å². The van der Waals surface area contributed by atoms with Gasteiger partial charge >= 0.3 is 6.03 Å². The lowest BCUT2D eigenvalue weighted by Gasteiger charge is -2.39. The molecule has 3 rings (SSSR count). The zero-order chi connectivity index (χ0) is 20.1. The molecule has 0 unspecified atom stereocenters. The van der Waals surface area contributed by atoms with Crippen molar-refractivity contribution in [3.63, 3.8) is 0 Å². The number of nitrogens with zero attached hydrogens (tertiary/aromatic N) is 2. The van der Waals surface area contributed by atoms with Crippen LogP contribution in [-0.2, 0) is 4.79 Å². The summed E-state index contributed by atoms with van der Waals surface area (Å²) >= 11 is 6.15. The molecule has 154 valence electrons. The summed E-state index contributed by atoms with van der Waals surface area (Å²) in [6.45, 7) is 7.14. The number of piperazine rings is 1. The van der Waals surface area contributed by atoms with Gasteiger partial charge in [0.05, 0.1) is 6.04 Å². The van der Waals surface area contributed by atoms with E-state index in [0.717, 1.165) is 62.6 Å². The van der Waals surface area contributed by atoms with E-state index in [1.165, 1.54) is 12.0 Å². The van der Waals surface area contributed by atoms with E-state index in [9.17, 15) is 9.59 Å². The van der Waals surface area contributed by atoms with Crippen molar-refractivity contribution in [3.8, 4) is 0 Å². The van der Waals surface area contributed by atoms with Gasteiger partial charge < -0.3 is 10.2 Å². The van der Waals surface area contributed by atoms with Crippen LogP contribution in [0, 0.1) is 6.92 Å². The average Bonchev–Trinajstić information content (AvgIpc) is 2.70. The minimum atomic E-state index is -0.364. The van der Waals surface area contributed by atoms with Crippen LogP contribution < -0.4 is 15.5 Å². The summed E-state index contributed by atoms with van der Waals surface area (Å²) in [6.07, 6.45) is 5.53. The Morgan fingerprint density at radius 2 is 1.79 bits per heavy atom. The first-order valence-corrected chi connectivity index (χ1v) is 10.7. The summed E-state index contributed by atoms with van der Waals surface area (Å²) < 4.78 is 0. The normalized spacial score (nSPS) is 19.9. The van der Waals surface area contributed by atoms with Gasteiger partial charge in [-0.2, -0.15) is 0 Å². The van der Waals surface area contributed by atoms with E-state index >= 15 is 0 Å². The highest BCUT2D eigenvalue weighted by Gasteiger charge is 2.27. The Kier molecular flexibility index (Phi) is 7.18. The number of carbonyl (C=O) groups excluding carboxylic acids is 2. The van der Waals surface area contributed by atoms with Gasteiger partial charge in [-0.3, -0.25) is 15.0 Å². The van der Waals surface area contributed by atoms with Gasteiger partial charge in [-0.25, -0.2) is 4.79 Å². The molecule has 2 aliphatic rings. The Balaban J connectivity index is 1.47. The molecule has 0 radical (unpaired) electrons. The van der Waals surface area contributed by atoms with Gasteiger partial charge in [-0.15, -0.1) is 0 Å². The van der Waals surface area contributed by atoms with Crippen LogP contribution in [0.3, 0.4) is 0 Å². The maximum Gasteiger partial charge on any atom is 0.321 e. The molecule has 2 fully saturated rings. The van der Waals surface area contributed by atoms with Crippen molar-refractivity contribution in [2.45, 2.75) is 58.0 Å². The second-order valence-electron chi connectivity index (χ2n) is 7.93. The van der Waals surface area contributed by atoms with Gasteiger partial charge in [-0.05, 0) is 44.4 Å². The molecule has 3 amide bonds. The number of anilines is 1. The third-order valence-electron chi connectivity index (χ3n) is 5.93. The van der Waals surface area contributed by atoms with E-state index in [1.54, 1.807) is 0 Å². The molecule has 0 bridgehead atoms. The number of amides is 3. The lowest BCUT2D eigenvalue weighted by molar-refractivity contribution is -0.124. The Labute approximate surface area is 172 Å². The minimum Gasteiger partial charge on any atom is -0.369 e. The summed E-state index contributed by atoms with van der Waals surface area (Å²) in [5.41, 5.74) is 2.35. The summed E-state index contributed by atoms with van der Waals surface area (Å²) in [7, 11) is 0. The van der Waals surface area contributed by atoms with E-state index < -0.39 is 0 Å². The van der Waals surface area contributed by atoms with Crippen LogP contribution in [0.4, 0.5) is 10.5 Å². The van der Waals surface area contributed by atoms with Crippen LogP contribution in [0.1, 0.15) is 44.6 Å². The monoisotopic (exact) mass is 406 g/mol. The number of aryl methyl sites for hydroxylation is 1. The lowest BCUT2D eigenvalue weighted by Crippen LogP contribution is -2.56. The van der Waals surface area contributed by atoms with Crippen LogP contribution in [-0.4, -0.2) is 55.1 Å². The minimum absolute atomic E-state index is 0.196. The maximum absolute atomic E-state index is 12.5. The second-order valence-corrected chi connectivity index (χ2v) is 8.36. The Bertz CT molecular complexity index is 698. The van der Waals surface area contributed by atoms with Crippen molar-refractivity contribution in [1.82, 2.24) is 15.5 Å². The molecule has 1 saturated carbocycles. The quantitative estimate of drug-likeness (QED) is 0.805. The number of urea groups is 1. The van der Waals surface area contributed by atoms with Crippen molar-refractivity contribution in [3.05, 3.63) is 28.8 Å². The molecule has 1 saturated heterocycles. The lowest BCUT2D eigenvalue weighted by atomic mass is 9.96. The predicted molar refractivity (Wildman–Crippen MR) is 113 cm³/mol. The first-order chi connectivity index (χ1) is 13.4. The van der Waals surface area contributed by atoms with Crippen LogP contribution in [0.5, 0.6) is 0 Å². The van der Waals surface area contributed by atoms with Crippen LogP contribution >= 0.6 is 11.6 Å². The zero-order valence-electron chi connectivity index (χ0n) is 16.8. The summed E-state index contributed by atoms with van der Waals surface area (Å²) in [6, 6.07) is 5.43. The van der Waals surface area contributed by atoms with Gasteiger partial charge in [-0.1, -0.05) is 36.9 Å². The van der Waals surface area contributed by atoms with E-state index in [1.807, 2.05) is 25.1 Å². The maximum atomic E-state index is 12.5. The Hall–Kier alpha value is -1.79. The van der Waals surface area contributed by atoms with Crippen molar-refractivity contribution in [2.24, 2.45) is 0 Å². The number of hydrogen-bond donors (Lipinski definition) is 2. The number of carbonyl (C=O) groups is 2. The number of rotatable bonds is 4. The van der Waals surface area contributed by atoms with E-state index in [0.29, 0.717) is 0 Å². The van der Waals surface area contributed by atoms with Crippen molar-refractivity contribution in [2.75, 3.05) is 31.1 Å². The highest BCUT2D eigenvalue weighted by Crippen LogP contribution is 2.25. The van der Waals surface area contributed by atoms with E-state index in [2.05, 4.69) is 27.4 Å². The van der Waals surface area contributed by atoms with Crippen LogP contribution in [0.15, 0.2) is 18.2 Å². The molecule has 1 aromatic rings. The van der Waals surface area contributed by atoms with Gasteiger partial charge in [0.1, 0.15) is 0 Å². The van der Waals surface area contributed by atoms with Gasteiger partial charge in [0.15, 0.2) is 0 Å². The van der Waals surface area contributed by atoms with Gasteiger partial charge in [0.2, 0.25) is 5.91 Å². The molecule has 0 spiro atoms. The fourth-order valence-corrected chi connectivity index (χ4v) is 4.29. The number of hydrogen-bond acceptors (Lipinski definition) is 4. The molecular formula is C21H31ClN4O2. The van der Waals surface area contributed by atoms with E-state index in [4.69, 9.17) is 11.6 Å². The molecule has 28 heavy (non-hydrogen) atoms. The molecule has 6 nitrogen and oxygen atoms in total. The van der Waals surface area contributed by atoms with Crippen LogP contribution in [0.25, 0.3) is 0 Å². The predicted octanol–water partition coefficient (Wildman–Crippen LogP) is 3.32. The molecule has 1 aliphatic heterocycles. The molecule has 1 atom stereocenters. The smallest absolute Gasteiger partial charge is 0.321 e. The first kappa shape index (κ1) is 20.9. The summed E-state index contributed by atoms with van der Waals surface area (Å²) in [4.78, 5) is 29.1. The molecule has 1 heterocycles. The Morgan fingerprint density at radius 3 is 2.46 bits per heavy atom. The second kappa shape index (κ2) is 9.61. The van der Waals surface area contributed by atoms with Gasteiger partial charge in [0.25, 0.3) is 0 Å². The summed E-state index contributed by atoms with van der Waals surface area (Å²) in [5.74, 6) is -0.235. The zero-order valence-corrected chi connectivity index (χ0v) is 17.6. The highest BCUT2D eigenvalue weighted by molar-refractivity contribution is 6.30. The molecule has 0 aromatic heterocycles. The number of benzene rings is 1. The number of halogens is 1. The third-order valence-corrected chi connectivity index (χ3v) is 6.17. The molecule has 7 heteroatoms. The number of imide groups is 1. The third kappa shape index (κ3) is 5.39. The first-order valence-electron chi connectivity index (χ1n) is 10.3. The molecule has 1 aromatic carbocycles. The van der Waals surface area contributed by atoms with Crippen molar-refractivity contribution < 1.29 is 9.59 Å². The fourth-order valence-electron chi connectivity index (χ4n) is 4.12. The highest BCUT2D eigenvalue weighted by atomic mass is 35.5.